The third-order valence-electron chi connectivity index (χ3n) is 3.44. The average molecular weight is 285 g/mol. The second-order valence-electron chi connectivity index (χ2n) is 4.75. The molecule has 7 heteroatoms. The van der Waals surface area contributed by atoms with Gasteiger partial charge in [-0.2, -0.15) is 10.2 Å². The molecule has 0 spiro atoms. The largest absolute Gasteiger partial charge is 0.367 e. The first-order valence-electron chi connectivity index (χ1n) is 6.84. The molecule has 0 bridgehead atoms. The van der Waals surface area contributed by atoms with Crippen molar-refractivity contribution < 1.29 is 9.26 Å². The Balaban J connectivity index is 1.77. The Kier molecular flexibility index (Phi) is 3.90. The van der Waals surface area contributed by atoms with E-state index in [1.165, 1.54) is 6.20 Å². The zero-order chi connectivity index (χ0) is 14.7. The van der Waals surface area contributed by atoms with E-state index in [0.717, 1.165) is 19.6 Å². The van der Waals surface area contributed by atoms with Crippen LogP contribution in [0.1, 0.15) is 24.4 Å². The van der Waals surface area contributed by atoms with Crippen molar-refractivity contribution in [1.82, 2.24) is 20.0 Å². The molecule has 0 saturated carbocycles. The fraction of sp³-hybridized carbons (Fsp3) is 0.429. The van der Waals surface area contributed by atoms with E-state index >= 15 is 0 Å². The molecule has 1 unspecified atom stereocenters. The van der Waals surface area contributed by atoms with E-state index in [2.05, 4.69) is 26.9 Å². The van der Waals surface area contributed by atoms with Crippen molar-refractivity contribution in [1.29, 1.82) is 5.26 Å². The zero-order valence-corrected chi connectivity index (χ0v) is 11.7. The first-order valence-corrected chi connectivity index (χ1v) is 6.84. The van der Waals surface area contributed by atoms with Gasteiger partial charge in [0.25, 0.3) is 5.89 Å². The molecular formula is C14H15N5O2. The number of nitriles is 1. The van der Waals surface area contributed by atoms with Gasteiger partial charge in [-0.25, -0.2) is 4.98 Å². The smallest absolute Gasteiger partial charge is 0.276 e. The average Bonchev–Trinajstić information content (AvgIpc) is 3.05. The molecule has 1 aliphatic heterocycles. The van der Waals surface area contributed by atoms with Crippen molar-refractivity contribution in [3.05, 3.63) is 29.7 Å². The molecule has 1 aliphatic rings. The van der Waals surface area contributed by atoms with Crippen molar-refractivity contribution in [2.24, 2.45) is 0 Å². The van der Waals surface area contributed by atoms with Gasteiger partial charge in [-0.15, -0.1) is 0 Å². The molecule has 0 aliphatic carbocycles. The topological polar surface area (TPSA) is 88.1 Å². The molecule has 0 amide bonds. The number of pyridine rings is 1. The zero-order valence-electron chi connectivity index (χ0n) is 11.7. The molecule has 0 radical (unpaired) electrons. The maximum atomic E-state index is 8.76. The molecule has 1 saturated heterocycles. The van der Waals surface area contributed by atoms with Gasteiger partial charge in [0.1, 0.15) is 17.9 Å². The third-order valence-corrected chi connectivity index (χ3v) is 3.44. The van der Waals surface area contributed by atoms with Gasteiger partial charge in [0.05, 0.1) is 12.2 Å². The normalized spacial score (nSPS) is 19.3. The summed E-state index contributed by atoms with van der Waals surface area (Å²) in [5.41, 5.74) is 1.04. The van der Waals surface area contributed by atoms with Crippen molar-refractivity contribution >= 4 is 0 Å². The second-order valence-corrected chi connectivity index (χ2v) is 4.75. The summed E-state index contributed by atoms with van der Waals surface area (Å²) in [5, 5.41) is 12.7. The molecule has 0 aromatic carbocycles. The van der Waals surface area contributed by atoms with Crippen molar-refractivity contribution in [3.63, 3.8) is 0 Å². The summed E-state index contributed by atoms with van der Waals surface area (Å²) in [5.74, 6) is 0.876. The van der Waals surface area contributed by atoms with Crippen molar-refractivity contribution in [3.8, 4) is 17.7 Å². The SMILES string of the molecule is CCN1CCOC(c2noc(-c3ccc(C#N)cn3)n2)C1. The molecule has 108 valence electrons. The fourth-order valence-corrected chi connectivity index (χ4v) is 2.20. The summed E-state index contributed by atoms with van der Waals surface area (Å²) in [6.07, 6.45) is 1.31. The number of ether oxygens (including phenoxy) is 1. The van der Waals surface area contributed by atoms with Gasteiger partial charge in [0, 0.05) is 19.3 Å². The highest BCUT2D eigenvalue weighted by atomic mass is 16.5. The Labute approximate surface area is 122 Å². The minimum Gasteiger partial charge on any atom is -0.367 e. The number of hydrogen-bond donors (Lipinski definition) is 0. The van der Waals surface area contributed by atoms with E-state index in [1.807, 2.05) is 6.07 Å². The first kappa shape index (κ1) is 13.7. The van der Waals surface area contributed by atoms with Crippen LogP contribution in [0.2, 0.25) is 0 Å². The van der Waals surface area contributed by atoms with Crippen LogP contribution >= 0.6 is 0 Å². The Morgan fingerprint density at radius 1 is 1.48 bits per heavy atom. The van der Waals surface area contributed by atoms with E-state index in [0.29, 0.717) is 29.6 Å². The van der Waals surface area contributed by atoms with E-state index in [1.54, 1.807) is 12.1 Å². The number of aromatic nitrogens is 3. The van der Waals surface area contributed by atoms with Crippen LogP contribution in [0.4, 0.5) is 0 Å². The summed E-state index contributed by atoms with van der Waals surface area (Å²) in [6.45, 7) is 5.44. The number of rotatable bonds is 3. The highest BCUT2D eigenvalue weighted by Gasteiger charge is 2.25. The summed E-state index contributed by atoms with van der Waals surface area (Å²) in [6, 6.07) is 5.38. The minimum atomic E-state index is -0.172. The summed E-state index contributed by atoms with van der Waals surface area (Å²) >= 11 is 0. The number of hydrogen-bond acceptors (Lipinski definition) is 7. The lowest BCUT2D eigenvalue weighted by atomic mass is 10.2. The van der Waals surface area contributed by atoms with Crippen LogP contribution < -0.4 is 0 Å². The summed E-state index contributed by atoms with van der Waals surface area (Å²) in [7, 11) is 0. The maximum Gasteiger partial charge on any atom is 0.276 e. The van der Waals surface area contributed by atoms with Crippen LogP contribution in [0.25, 0.3) is 11.6 Å². The van der Waals surface area contributed by atoms with Crippen molar-refractivity contribution in [2.75, 3.05) is 26.2 Å². The summed E-state index contributed by atoms with van der Waals surface area (Å²) in [4.78, 5) is 10.8. The predicted octanol–water partition coefficient (Wildman–Crippen LogP) is 1.40. The Bertz CT molecular complexity index is 646. The Hall–Kier alpha value is -2.30. The lowest BCUT2D eigenvalue weighted by Gasteiger charge is -2.30. The standard InChI is InChI=1S/C14H15N5O2/c1-2-19-5-6-20-12(9-19)13-17-14(21-18-13)11-4-3-10(7-15)8-16-11/h3-4,8,12H,2,5-6,9H2,1H3. The summed E-state index contributed by atoms with van der Waals surface area (Å²) < 4.78 is 10.9. The van der Waals surface area contributed by atoms with E-state index in [4.69, 9.17) is 14.5 Å². The molecule has 21 heavy (non-hydrogen) atoms. The molecule has 2 aromatic rings. The Morgan fingerprint density at radius 2 is 2.38 bits per heavy atom. The van der Waals surface area contributed by atoms with Gasteiger partial charge in [-0.1, -0.05) is 12.1 Å². The lowest BCUT2D eigenvalue weighted by molar-refractivity contribution is -0.0334. The molecule has 1 atom stereocenters. The number of likely N-dealkylation sites (N-methyl/N-ethyl adjacent to an activating group) is 1. The lowest BCUT2D eigenvalue weighted by Crippen LogP contribution is -2.38. The minimum absolute atomic E-state index is 0.172. The van der Waals surface area contributed by atoms with Crippen LogP contribution in [-0.4, -0.2) is 46.3 Å². The van der Waals surface area contributed by atoms with Gasteiger partial charge >= 0.3 is 0 Å². The van der Waals surface area contributed by atoms with Crippen LogP contribution in [0, 0.1) is 11.3 Å². The van der Waals surface area contributed by atoms with Crippen LogP contribution in [0.15, 0.2) is 22.9 Å². The molecule has 3 heterocycles. The molecular weight excluding hydrogens is 270 g/mol. The van der Waals surface area contributed by atoms with Gasteiger partial charge < -0.3 is 9.26 Å². The molecule has 2 aromatic heterocycles. The van der Waals surface area contributed by atoms with E-state index in [9.17, 15) is 0 Å². The van der Waals surface area contributed by atoms with Crippen LogP contribution in [-0.2, 0) is 4.74 Å². The van der Waals surface area contributed by atoms with Gasteiger partial charge in [0.15, 0.2) is 0 Å². The monoisotopic (exact) mass is 285 g/mol. The van der Waals surface area contributed by atoms with Crippen molar-refractivity contribution in [2.45, 2.75) is 13.0 Å². The van der Waals surface area contributed by atoms with Gasteiger partial charge in [-0.05, 0) is 18.7 Å². The highest BCUT2D eigenvalue weighted by Crippen LogP contribution is 2.22. The van der Waals surface area contributed by atoms with Gasteiger partial charge in [0.2, 0.25) is 5.82 Å². The number of morpholine rings is 1. The van der Waals surface area contributed by atoms with E-state index < -0.39 is 0 Å². The van der Waals surface area contributed by atoms with Crippen LogP contribution in [0.5, 0.6) is 0 Å². The molecule has 7 nitrogen and oxygen atoms in total. The van der Waals surface area contributed by atoms with E-state index in [-0.39, 0.29) is 6.10 Å². The molecule has 3 rings (SSSR count). The third kappa shape index (κ3) is 2.91. The van der Waals surface area contributed by atoms with Gasteiger partial charge in [-0.3, -0.25) is 4.90 Å². The van der Waals surface area contributed by atoms with Crippen LogP contribution in [0.3, 0.4) is 0 Å². The number of nitrogens with zero attached hydrogens (tertiary/aromatic N) is 5. The molecule has 1 fully saturated rings. The molecule has 0 N–H and O–H groups in total. The fourth-order valence-electron chi connectivity index (χ4n) is 2.20. The Morgan fingerprint density at radius 3 is 3.10 bits per heavy atom. The highest BCUT2D eigenvalue weighted by molar-refractivity contribution is 5.47. The predicted molar refractivity (Wildman–Crippen MR) is 73.1 cm³/mol. The quantitative estimate of drug-likeness (QED) is 0.842. The second kappa shape index (κ2) is 5.99. The maximum absolute atomic E-state index is 8.76. The first-order chi connectivity index (χ1) is 10.3.